The first kappa shape index (κ1) is 18.1. The van der Waals surface area contributed by atoms with Crippen LogP contribution in [0.15, 0.2) is 24.5 Å². The molecule has 3 rings (SSSR count). The van der Waals surface area contributed by atoms with Crippen molar-refractivity contribution in [3.8, 4) is 0 Å². The third-order valence-corrected chi connectivity index (χ3v) is 5.40. The van der Waals surface area contributed by atoms with Gasteiger partial charge in [-0.1, -0.05) is 11.6 Å². The molecule has 0 bridgehead atoms. The molecule has 2 aromatic rings. The number of rotatable bonds is 5. The van der Waals surface area contributed by atoms with Gasteiger partial charge < -0.3 is 15.7 Å². The van der Waals surface area contributed by atoms with Crippen molar-refractivity contribution < 1.29 is 5.11 Å². The summed E-state index contributed by atoms with van der Waals surface area (Å²) in [5.74, 6) is 0.940. The van der Waals surface area contributed by atoms with Gasteiger partial charge in [0.2, 0.25) is 0 Å². The molecule has 0 saturated heterocycles. The second-order valence-corrected chi connectivity index (χ2v) is 7.98. The van der Waals surface area contributed by atoms with Crippen LogP contribution in [0, 0.1) is 6.92 Å². The van der Waals surface area contributed by atoms with E-state index in [4.69, 9.17) is 0 Å². The third kappa shape index (κ3) is 4.47. The smallest absolute Gasteiger partial charge is 0.137 e. The highest BCUT2D eigenvalue weighted by molar-refractivity contribution is 5.89. The molecule has 1 fully saturated rings. The quantitative estimate of drug-likeness (QED) is 0.777. The van der Waals surface area contributed by atoms with Crippen molar-refractivity contribution in [3.63, 3.8) is 0 Å². The monoisotopic (exact) mass is 342 g/mol. The fourth-order valence-electron chi connectivity index (χ4n) is 3.44. The summed E-state index contributed by atoms with van der Waals surface area (Å²) < 4.78 is 0. The van der Waals surface area contributed by atoms with Crippen molar-refractivity contribution in [2.75, 3.05) is 5.32 Å². The van der Waals surface area contributed by atoms with Crippen LogP contribution < -0.4 is 10.6 Å². The summed E-state index contributed by atoms with van der Waals surface area (Å²) in [4.78, 5) is 8.83. The fraction of sp³-hybridized carbons (Fsp3) is 0.600. The largest absolute Gasteiger partial charge is 0.389 e. The molecule has 25 heavy (non-hydrogen) atoms. The van der Waals surface area contributed by atoms with Gasteiger partial charge >= 0.3 is 0 Å². The Morgan fingerprint density at radius 1 is 1.12 bits per heavy atom. The molecule has 0 amide bonds. The lowest BCUT2D eigenvalue weighted by molar-refractivity contribution is 0.0376. The first-order valence-electron chi connectivity index (χ1n) is 9.29. The van der Waals surface area contributed by atoms with Crippen LogP contribution in [-0.4, -0.2) is 38.8 Å². The minimum Gasteiger partial charge on any atom is -0.389 e. The zero-order valence-electron chi connectivity index (χ0n) is 15.7. The van der Waals surface area contributed by atoms with E-state index in [-0.39, 0.29) is 6.04 Å². The highest BCUT2D eigenvalue weighted by atomic mass is 16.3. The predicted octanol–water partition coefficient (Wildman–Crippen LogP) is 3.41. The van der Waals surface area contributed by atoms with Crippen molar-refractivity contribution in [2.45, 2.75) is 77.1 Å². The zero-order valence-corrected chi connectivity index (χ0v) is 15.7. The molecular formula is C20H30N4O. The molecule has 1 saturated carbocycles. The highest BCUT2D eigenvalue weighted by Crippen LogP contribution is 2.26. The van der Waals surface area contributed by atoms with Crippen LogP contribution in [0.2, 0.25) is 0 Å². The summed E-state index contributed by atoms with van der Waals surface area (Å²) in [5, 5.41) is 18.4. The number of aliphatic hydroxyl groups is 1. The molecular weight excluding hydrogens is 312 g/mol. The Kier molecular flexibility index (Phi) is 5.25. The van der Waals surface area contributed by atoms with Crippen LogP contribution >= 0.6 is 0 Å². The molecule has 5 heteroatoms. The van der Waals surface area contributed by atoms with E-state index in [1.165, 1.54) is 5.56 Å². The van der Waals surface area contributed by atoms with Crippen LogP contribution in [-0.2, 0) is 0 Å². The van der Waals surface area contributed by atoms with E-state index in [0.717, 1.165) is 42.4 Å². The minimum absolute atomic E-state index is 0.0933. The summed E-state index contributed by atoms with van der Waals surface area (Å²) >= 11 is 0. The van der Waals surface area contributed by atoms with Crippen molar-refractivity contribution >= 4 is 16.7 Å². The number of hydrogen-bond donors (Lipinski definition) is 3. The van der Waals surface area contributed by atoms with E-state index in [0.29, 0.717) is 12.1 Å². The second-order valence-electron chi connectivity index (χ2n) is 7.98. The van der Waals surface area contributed by atoms with Crippen molar-refractivity contribution in [2.24, 2.45) is 0 Å². The molecule has 3 N–H and O–H groups in total. The van der Waals surface area contributed by atoms with Gasteiger partial charge in [-0.05, 0) is 65.5 Å². The van der Waals surface area contributed by atoms with Crippen LogP contribution in [0.3, 0.4) is 0 Å². The first-order chi connectivity index (χ1) is 11.8. The van der Waals surface area contributed by atoms with Crippen LogP contribution in [0.25, 0.3) is 10.9 Å². The average Bonchev–Trinajstić information content (AvgIpc) is 2.56. The summed E-state index contributed by atoms with van der Waals surface area (Å²) in [6.07, 6.45) is 6.07. The van der Waals surface area contributed by atoms with Crippen molar-refractivity contribution in [1.29, 1.82) is 0 Å². The number of fused-ring (bicyclic) bond motifs is 1. The maximum Gasteiger partial charge on any atom is 0.137 e. The Balaban J connectivity index is 1.61. The van der Waals surface area contributed by atoms with E-state index in [9.17, 15) is 5.11 Å². The molecule has 0 unspecified atom stereocenters. The van der Waals surface area contributed by atoms with Gasteiger partial charge in [-0.3, -0.25) is 0 Å². The van der Waals surface area contributed by atoms with Gasteiger partial charge in [-0.25, -0.2) is 9.97 Å². The number of hydrogen-bond acceptors (Lipinski definition) is 5. The van der Waals surface area contributed by atoms with Gasteiger partial charge in [0.15, 0.2) is 0 Å². The topological polar surface area (TPSA) is 70.1 Å². The number of aryl methyl sites for hydroxylation is 1. The van der Waals surface area contributed by atoms with E-state index in [2.05, 4.69) is 52.6 Å². The van der Waals surface area contributed by atoms with Gasteiger partial charge in [0.1, 0.15) is 12.1 Å². The van der Waals surface area contributed by atoms with Gasteiger partial charge in [-0.15, -0.1) is 0 Å². The molecule has 136 valence electrons. The van der Waals surface area contributed by atoms with Crippen molar-refractivity contribution in [1.82, 2.24) is 15.3 Å². The summed E-state index contributed by atoms with van der Waals surface area (Å²) in [6.45, 7) is 7.87. The Bertz CT molecular complexity index is 717. The number of nitrogens with one attached hydrogen (secondary N) is 2. The Morgan fingerprint density at radius 3 is 2.48 bits per heavy atom. The SMILES string of the molecule is Cc1ccc2ncnc(NC3CCC(N[C@@H](C)C(C)(C)O)CC3)c2c1. The minimum atomic E-state index is -0.688. The zero-order chi connectivity index (χ0) is 18.0. The summed E-state index contributed by atoms with van der Waals surface area (Å²) in [7, 11) is 0. The van der Waals surface area contributed by atoms with Crippen LogP contribution in [0.5, 0.6) is 0 Å². The molecule has 1 aromatic carbocycles. The Hall–Kier alpha value is -1.72. The molecule has 0 spiro atoms. The van der Waals surface area contributed by atoms with E-state index >= 15 is 0 Å². The van der Waals surface area contributed by atoms with E-state index in [1.807, 2.05) is 13.8 Å². The Labute approximate surface area is 150 Å². The third-order valence-electron chi connectivity index (χ3n) is 5.40. The van der Waals surface area contributed by atoms with E-state index in [1.54, 1.807) is 6.33 Å². The lowest BCUT2D eigenvalue weighted by Crippen LogP contribution is -2.50. The molecule has 1 heterocycles. The molecule has 5 nitrogen and oxygen atoms in total. The number of nitrogens with zero attached hydrogens (tertiary/aromatic N) is 2. The van der Waals surface area contributed by atoms with Gasteiger partial charge in [0, 0.05) is 23.5 Å². The Morgan fingerprint density at radius 2 is 1.80 bits per heavy atom. The maximum atomic E-state index is 10.1. The standard InChI is InChI=1S/C20H30N4O/c1-13-5-10-18-17(11-13)19(22-12-21-18)24-16-8-6-15(7-9-16)23-14(2)20(3,4)25/h5,10-12,14-16,23,25H,6-9H2,1-4H3,(H,21,22,24)/t14-,15?,16?/m0/s1. The maximum absolute atomic E-state index is 10.1. The summed E-state index contributed by atoms with van der Waals surface area (Å²) in [6, 6.07) is 7.29. The predicted molar refractivity (Wildman–Crippen MR) is 103 cm³/mol. The van der Waals surface area contributed by atoms with Crippen molar-refractivity contribution in [3.05, 3.63) is 30.1 Å². The van der Waals surface area contributed by atoms with Crippen LogP contribution in [0.4, 0.5) is 5.82 Å². The molecule has 1 aliphatic carbocycles. The molecule has 1 aliphatic rings. The average molecular weight is 342 g/mol. The van der Waals surface area contributed by atoms with Gasteiger partial charge in [-0.2, -0.15) is 0 Å². The fourth-order valence-corrected chi connectivity index (χ4v) is 3.44. The number of aromatic nitrogens is 2. The van der Waals surface area contributed by atoms with Crippen LogP contribution in [0.1, 0.15) is 52.0 Å². The number of benzene rings is 1. The van der Waals surface area contributed by atoms with Gasteiger partial charge in [0.25, 0.3) is 0 Å². The van der Waals surface area contributed by atoms with E-state index < -0.39 is 5.60 Å². The summed E-state index contributed by atoms with van der Waals surface area (Å²) in [5.41, 5.74) is 1.52. The lowest BCUT2D eigenvalue weighted by atomic mass is 9.89. The normalized spacial score (nSPS) is 22.8. The number of anilines is 1. The first-order valence-corrected chi connectivity index (χ1v) is 9.29. The molecule has 1 atom stereocenters. The molecule has 0 aliphatic heterocycles. The second kappa shape index (κ2) is 7.26. The highest BCUT2D eigenvalue weighted by Gasteiger charge is 2.27. The molecule has 1 aromatic heterocycles. The van der Waals surface area contributed by atoms with Gasteiger partial charge in [0.05, 0.1) is 11.1 Å². The molecule has 0 radical (unpaired) electrons. The lowest BCUT2D eigenvalue weighted by Gasteiger charge is -2.35.